The van der Waals surface area contributed by atoms with Gasteiger partial charge in [-0.25, -0.2) is 4.85 Å². The Bertz CT molecular complexity index is 3420. The molecule has 0 amide bonds. The summed E-state index contributed by atoms with van der Waals surface area (Å²) in [4.78, 5) is 4.05. The van der Waals surface area contributed by atoms with Crippen LogP contribution < -0.4 is 0 Å². The van der Waals surface area contributed by atoms with Crippen LogP contribution in [0.3, 0.4) is 0 Å². The number of para-hydroxylation sites is 6. The van der Waals surface area contributed by atoms with Crippen LogP contribution in [-0.4, -0.2) is 13.7 Å². The molecule has 0 spiro atoms. The zero-order valence-electron chi connectivity index (χ0n) is 29.5. The predicted octanol–water partition coefficient (Wildman–Crippen LogP) is 13.1. The highest BCUT2D eigenvalue weighted by Crippen LogP contribution is 2.43. The molecule has 0 radical (unpaired) electrons. The Balaban J connectivity index is 1.17. The fraction of sp³-hybridized carbons (Fsp3) is 0. The van der Waals surface area contributed by atoms with Crippen molar-refractivity contribution in [2.45, 2.75) is 0 Å². The molecule has 0 aliphatic rings. The van der Waals surface area contributed by atoms with Crippen molar-refractivity contribution in [1.82, 2.24) is 13.7 Å². The average Bonchev–Trinajstić information content (AvgIpc) is 3.89. The van der Waals surface area contributed by atoms with Crippen molar-refractivity contribution in [3.05, 3.63) is 193 Å². The molecule has 0 fully saturated rings. The van der Waals surface area contributed by atoms with Gasteiger partial charge in [-0.2, -0.15) is 5.26 Å². The standard InChI is InChI=1S/C50H29N5/c1-52-43-22-12-20-36(50(43)55-47-26-9-5-19-40(47)42-21-11-14-33(31-51)49(42)55)32-13-10-15-34(29-32)54-46-25-8-4-18-39(46)41-28-27-35(30-48(41)54)53-44-23-6-2-16-37(44)38-17-3-7-24-45(38)53/h2-30H. The van der Waals surface area contributed by atoms with Crippen LogP contribution in [0.15, 0.2) is 176 Å². The first-order valence-electron chi connectivity index (χ1n) is 18.3. The van der Waals surface area contributed by atoms with Crippen molar-refractivity contribution in [1.29, 1.82) is 5.26 Å². The van der Waals surface area contributed by atoms with Gasteiger partial charge in [-0.3, -0.25) is 0 Å². The van der Waals surface area contributed by atoms with Crippen LogP contribution in [0.4, 0.5) is 5.69 Å². The fourth-order valence-electron chi connectivity index (χ4n) is 8.82. The first-order valence-corrected chi connectivity index (χ1v) is 18.3. The van der Waals surface area contributed by atoms with E-state index in [9.17, 15) is 5.26 Å². The molecule has 0 atom stereocenters. The van der Waals surface area contributed by atoms with Crippen molar-refractivity contribution in [3.63, 3.8) is 0 Å². The summed E-state index contributed by atoms with van der Waals surface area (Å²) >= 11 is 0. The summed E-state index contributed by atoms with van der Waals surface area (Å²) in [5.41, 5.74) is 12.2. The molecule has 8 aromatic carbocycles. The van der Waals surface area contributed by atoms with Crippen molar-refractivity contribution in [2.24, 2.45) is 0 Å². The summed E-state index contributed by atoms with van der Waals surface area (Å²) in [5.74, 6) is 0. The summed E-state index contributed by atoms with van der Waals surface area (Å²) in [6, 6.07) is 63.6. The molecule has 0 saturated carbocycles. The minimum absolute atomic E-state index is 0.519. The molecule has 5 heteroatoms. The van der Waals surface area contributed by atoms with Crippen LogP contribution in [0.1, 0.15) is 5.56 Å². The third kappa shape index (κ3) is 4.39. The summed E-state index contributed by atoms with van der Waals surface area (Å²) in [6.45, 7) is 8.32. The number of aromatic nitrogens is 3. The number of rotatable bonds is 4. The molecule has 0 saturated heterocycles. The maximum atomic E-state index is 10.3. The van der Waals surface area contributed by atoms with Crippen LogP contribution in [0.5, 0.6) is 0 Å². The van der Waals surface area contributed by atoms with E-state index in [0.717, 1.165) is 61.0 Å². The molecule has 0 aliphatic heterocycles. The predicted molar refractivity (Wildman–Crippen MR) is 226 cm³/mol. The van der Waals surface area contributed by atoms with Crippen molar-refractivity contribution in [3.8, 4) is 34.3 Å². The van der Waals surface area contributed by atoms with E-state index in [2.05, 4.69) is 164 Å². The molecular formula is C50H29N5. The molecule has 0 unspecified atom stereocenters. The highest BCUT2D eigenvalue weighted by atomic mass is 15.0. The van der Waals surface area contributed by atoms with Gasteiger partial charge in [0.1, 0.15) is 6.07 Å². The van der Waals surface area contributed by atoms with Crippen LogP contribution in [0.2, 0.25) is 0 Å². The fourth-order valence-corrected chi connectivity index (χ4v) is 8.82. The highest BCUT2D eigenvalue weighted by molar-refractivity contribution is 6.13. The van der Waals surface area contributed by atoms with Gasteiger partial charge in [0.2, 0.25) is 5.69 Å². The molecule has 3 aromatic heterocycles. The van der Waals surface area contributed by atoms with Gasteiger partial charge < -0.3 is 13.7 Å². The molecule has 254 valence electrons. The summed E-state index contributed by atoms with van der Waals surface area (Å²) in [7, 11) is 0. The van der Waals surface area contributed by atoms with E-state index in [1.54, 1.807) is 0 Å². The topological polar surface area (TPSA) is 42.9 Å². The lowest BCUT2D eigenvalue weighted by Crippen LogP contribution is -2.00. The summed E-state index contributed by atoms with van der Waals surface area (Å²) in [6.07, 6.45) is 0. The number of hydrogen-bond acceptors (Lipinski definition) is 1. The van der Waals surface area contributed by atoms with Crippen molar-refractivity contribution < 1.29 is 0 Å². The van der Waals surface area contributed by atoms with Gasteiger partial charge in [0, 0.05) is 43.7 Å². The van der Waals surface area contributed by atoms with E-state index < -0.39 is 0 Å². The smallest absolute Gasteiger partial charge is 0.211 e. The average molecular weight is 700 g/mol. The van der Waals surface area contributed by atoms with Crippen LogP contribution in [-0.2, 0) is 0 Å². The Morgan fingerprint density at radius 2 is 0.945 bits per heavy atom. The third-order valence-electron chi connectivity index (χ3n) is 11.1. The van der Waals surface area contributed by atoms with Crippen LogP contribution in [0.25, 0.3) is 98.5 Å². The molecule has 3 heterocycles. The van der Waals surface area contributed by atoms with E-state index in [0.29, 0.717) is 11.3 Å². The Hall–Kier alpha value is -7.86. The monoisotopic (exact) mass is 699 g/mol. The lowest BCUT2D eigenvalue weighted by molar-refractivity contribution is 1.15. The maximum Gasteiger partial charge on any atom is 0.211 e. The van der Waals surface area contributed by atoms with Gasteiger partial charge in [0.25, 0.3) is 0 Å². The number of benzene rings is 8. The van der Waals surface area contributed by atoms with Gasteiger partial charge in [0.05, 0.1) is 50.9 Å². The Morgan fingerprint density at radius 1 is 0.436 bits per heavy atom. The minimum atomic E-state index is 0.519. The van der Waals surface area contributed by atoms with E-state index in [4.69, 9.17) is 6.57 Å². The third-order valence-corrected chi connectivity index (χ3v) is 11.1. The quantitative estimate of drug-likeness (QED) is 0.169. The largest absolute Gasteiger partial charge is 0.317 e. The maximum absolute atomic E-state index is 10.3. The molecule has 0 N–H and O–H groups in total. The highest BCUT2D eigenvalue weighted by Gasteiger charge is 2.22. The second-order valence-electron chi connectivity index (χ2n) is 13.9. The second-order valence-corrected chi connectivity index (χ2v) is 13.9. The lowest BCUT2D eigenvalue weighted by atomic mass is 10.0. The van der Waals surface area contributed by atoms with Gasteiger partial charge >= 0.3 is 0 Å². The van der Waals surface area contributed by atoms with Crippen molar-refractivity contribution >= 4 is 71.1 Å². The van der Waals surface area contributed by atoms with Gasteiger partial charge in [0.15, 0.2) is 0 Å². The summed E-state index contributed by atoms with van der Waals surface area (Å²) in [5, 5.41) is 17.2. The number of nitrogens with zero attached hydrogens (tertiary/aromatic N) is 5. The number of fused-ring (bicyclic) bond motifs is 9. The lowest BCUT2D eigenvalue weighted by Gasteiger charge is -2.18. The van der Waals surface area contributed by atoms with E-state index in [1.165, 1.54) is 32.6 Å². The number of hydrogen-bond donors (Lipinski definition) is 0. The molecule has 11 rings (SSSR count). The van der Waals surface area contributed by atoms with Gasteiger partial charge in [-0.1, -0.05) is 121 Å². The Labute approximate surface area is 316 Å². The van der Waals surface area contributed by atoms with Crippen molar-refractivity contribution in [2.75, 3.05) is 0 Å². The molecule has 0 aliphatic carbocycles. The van der Waals surface area contributed by atoms with Gasteiger partial charge in [-0.15, -0.1) is 0 Å². The second kappa shape index (κ2) is 11.8. The van der Waals surface area contributed by atoms with E-state index in [1.807, 2.05) is 36.4 Å². The minimum Gasteiger partial charge on any atom is -0.317 e. The first-order chi connectivity index (χ1) is 27.2. The van der Waals surface area contributed by atoms with E-state index >= 15 is 0 Å². The Morgan fingerprint density at radius 3 is 1.58 bits per heavy atom. The summed E-state index contributed by atoms with van der Waals surface area (Å²) < 4.78 is 6.85. The first kappa shape index (κ1) is 30.7. The Kier molecular flexibility index (Phi) is 6.61. The SMILES string of the molecule is [C-]#[N+]c1cccc(-c2cccc(-n3c4ccccc4c4ccc(-n5c6ccccc6c6ccccc65)cc43)c2)c1-n1c2ccccc2c2cccc(C#N)c21. The molecule has 55 heavy (non-hydrogen) atoms. The molecule has 11 aromatic rings. The van der Waals surface area contributed by atoms with Gasteiger partial charge in [-0.05, 0) is 65.7 Å². The molecular weight excluding hydrogens is 671 g/mol. The zero-order chi connectivity index (χ0) is 36.6. The normalized spacial score (nSPS) is 11.6. The zero-order valence-corrected chi connectivity index (χ0v) is 29.5. The van der Waals surface area contributed by atoms with E-state index in [-0.39, 0.29) is 0 Å². The molecule has 5 nitrogen and oxygen atoms in total. The number of nitriles is 1. The molecule has 0 bridgehead atoms. The van der Waals surface area contributed by atoms with Crippen LogP contribution in [0, 0.1) is 17.9 Å². The van der Waals surface area contributed by atoms with Crippen LogP contribution >= 0.6 is 0 Å².